The molecule has 1 aromatic rings. The van der Waals surface area contributed by atoms with E-state index < -0.39 is 12.4 Å². The van der Waals surface area contributed by atoms with E-state index in [1.54, 1.807) is 7.05 Å². The van der Waals surface area contributed by atoms with Crippen molar-refractivity contribution in [2.75, 3.05) is 7.05 Å². The molecular weight excluding hydrogens is 219 g/mol. The summed E-state index contributed by atoms with van der Waals surface area (Å²) in [5.74, 6) is -0.659. The normalized spacial score (nSPS) is 17.6. The summed E-state index contributed by atoms with van der Waals surface area (Å²) in [6, 6.07) is 3.86. The Labute approximate surface area is 91.4 Å². The van der Waals surface area contributed by atoms with E-state index in [4.69, 9.17) is 0 Å². The molecule has 0 unspecified atom stereocenters. The topological polar surface area (TPSA) is 21.3 Å². The van der Waals surface area contributed by atoms with Crippen molar-refractivity contribution in [1.29, 1.82) is 0 Å². The number of hydrogen-bond acceptors (Lipinski definition) is 2. The molecule has 16 heavy (non-hydrogen) atoms. The third-order valence-electron chi connectivity index (χ3n) is 2.91. The molecule has 1 N–H and O–H groups in total. The van der Waals surface area contributed by atoms with Crippen LogP contribution in [0.2, 0.25) is 0 Å². The van der Waals surface area contributed by atoms with Gasteiger partial charge < -0.3 is 10.1 Å². The largest absolute Gasteiger partial charge is 0.435 e. The van der Waals surface area contributed by atoms with Crippen LogP contribution < -0.4 is 10.1 Å². The van der Waals surface area contributed by atoms with Gasteiger partial charge in [0.15, 0.2) is 0 Å². The minimum atomic E-state index is -2.93. The molecule has 1 aliphatic rings. The van der Waals surface area contributed by atoms with Gasteiger partial charge in [0.2, 0.25) is 0 Å². The summed E-state index contributed by atoms with van der Waals surface area (Å²) in [6.07, 6.45) is 1.71. The Morgan fingerprint density at radius 1 is 1.38 bits per heavy atom. The van der Waals surface area contributed by atoms with Gasteiger partial charge in [-0.25, -0.2) is 4.39 Å². The van der Waals surface area contributed by atoms with E-state index in [1.165, 1.54) is 12.1 Å². The average Bonchev–Trinajstić information content (AvgIpc) is 2.97. The Bertz CT molecular complexity index is 391. The van der Waals surface area contributed by atoms with Crippen LogP contribution in [-0.4, -0.2) is 13.7 Å². The van der Waals surface area contributed by atoms with Crippen LogP contribution in [0.1, 0.15) is 18.4 Å². The maximum absolute atomic E-state index is 13.7. The van der Waals surface area contributed by atoms with Gasteiger partial charge in [-0.2, -0.15) is 8.78 Å². The maximum atomic E-state index is 13.7. The highest BCUT2D eigenvalue weighted by molar-refractivity contribution is 5.36. The second kappa shape index (κ2) is 3.97. The van der Waals surface area contributed by atoms with Gasteiger partial charge in [-0.15, -0.1) is 0 Å². The number of alkyl halides is 2. The van der Waals surface area contributed by atoms with E-state index in [9.17, 15) is 13.2 Å². The molecule has 0 heterocycles. The van der Waals surface area contributed by atoms with E-state index in [2.05, 4.69) is 10.1 Å². The molecule has 0 saturated heterocycles. The van der Waals surface area contributed by atoms with Gasteiger partial charge in [-0.05, 0) is 26.0 Å². The van der Waals surface area contributed by atoms with Crippen molar-refractivity contribution in [3.8, 4) is 5.75 Å². The van der Waals surface area contributed by atoms with E-state index in [0.29, 0.717) is 5.56 Å². The molecular formula is C11H12F3NO. The summed E-state index contributed by atoms with van der Waals surface area (Å²) in [4.78, 5) is 0. The van der Waals surface area contributed by atoms with Crippen LogP contribution in [0.4, 0.5) is 13.2 Å². The van der Waals surface area contributed by atoms with E-state index in [0.717, 1.165) is 18.9 Å². The van der Waals surface area contributed by atoms with Crippen LogP contribution in [0.5, 0.6) is 5.75 Å². The lowest BCUT2D eigenvalue weighted by Gasteiger charge is -2.16. The van der Waals surface area contributed by atoms with Gasteiger partial charge in [0.25, 0.3) is 0 Å². The number of ether oxygens (including phenoxy) is 1. The molecule has 2 nitrogen and oxygen atoms in total. The molecule has 0 spiro atoms. The first-order chi connectivity index (χ1) is 7.57. The van der Waals surface area contributed by atoms with Gasteiger partial charge in [-0.1, -0.05) is 6.07 Å². The lowest BCUT2D eigenvalue weighted by molar-refractivity contribution is -0.0500. The average molecular weight is 231 g/mol. The lowest BCUT2D eigenvalue weighted by atomic mass is 10.0. The predicted molar refractivity (Wildman–Crippen MR) is 53.0 cm³/mol. The third-order valence-corrected chi connectivity index (χ3v) is 2.91. The second-order valence-electron chi connectivity index (χ2n) is 3.85. The van der Waals surface area contributed by atoms with Crippen molar-refractivity contribution < 1.29 is 17.9 Å². The zero-order chi connectivity index (χ0) is 11.8. The molecule has 0 radical (unpaired) electrons. The van der Waals surface area contributed by atoms with Crippen LogP contribution in [0.25, 0.3) is 0 Å². The fraction of sp³-hybridized carbons (Fsp3) is 0.455. The maximum Gasteiger partial charge on any atom is 0.387 e. The van der Waals surface area contributed by atoms with E-state index in [1.807, 2.05) is 0 Å². The highest BCUT2D eigenvalue weighted by Crippen LogP contribution is 2.46. The minimum absolute atomic E-state index is 0.150. The first-order valence-electron chi connectivity index (χ1n) is 5.01. The molecule has 5 heteroatoms. The molecule has 0 atom stereocenters. The van der Waals surface area contributed by atoms with Crippen LogP contribution >= 0.6 is 0 Å². The van der Waals surface area contributed by atoms with Crippen molar-refractivity contribution in [3.05, 3.63) is 29.6 Å². The number of benzene rings is 1. The van der Waals surface area contributed by atoms with Gasteiger partial charge in [0.05, 0.1) is 0 Å². The molecule has 1 aromatic carbocycles. The highest BCUT2D eigenvalue weighted by Gasteiger charge is 2.44. The van der Waals surface area contributed by atoms with Gasteiger partial charge in [0.1, 0.15) is 11.6 Å². The minimum Gasteiger partial charge on any atom is -0.435 e. The van der Waals surface area contributed by atoms with Crippen LogP contribution in [0.15, 0.2) is 18.2 Å². The van der Waals surface area contributed by atoms with Crippen LogP contribution in [0, 0.1) is 5.82 Å². The summed E-state index contributed by atoms with van der Waals surface area (Å²) in [5.41, 5.74) is 0.199. The summed E-state index contributed by atoms with van der Waals surface area (Å²) in [7, 11) is 1.76. The molecule has 1 fully saturated rings. The Hall–Kier alpha value is -1.23. The molecule has 0 aromatic heterocycles. The zero-order valence-electron chi connectivity index (χ0n) is 8.77. The first-order valence-corrected chi connectivity index (χ1v) is 5.01. The van der Waals surface area contributed by atoms with Crippen molar-refractivity contribution in [3.63, 3.8) is 0 Å². The SMILES string of the molecule is CNC1(c2ccc(OC(F)F)cc2F)CC1. The highest BCUT2D eigenvalue weighted by atomic mass is 19.3. The van der Waals surface area contributed by atoms with Crippen LogP contribution in [-0.2, 0) is 5.54 Å². The third kappa shape index (κ3) is 2.00. The Morgan fingerprint density at radius 3 is 2.50 bits per heavy atom. The summed E-state index contributed by atoms with van der Waals surface area (Å²) < 4.78 is 41.6. The molecule has 1 aliphatic carbocycles. The second-order valence-corrected chi connectivity index (χ2v) is 3.85. The molecule has 0 amide bonds. The van der Waals surface area contributed by atoms with Crippen molar-refractivity contribution in [2.45, 2.75) is 25.0 Å². The number of nitrogens with one attached hydrogen (secondary N) is 1. The molecule has 2 rings (SSSR count). The van der Waals surface area contributed by atoms with E-state index >= 15 is 0 Å². The molecule has 0 bridgehead atoms. The van der Waals surface area contributed by atoms with Gasteiger partial charge in [0, 0.05) is 17.2 Å². The fourth-order valence-corrected chi connectivity index (χ4v) is 1.84. The lowest BCUT2D eigenvalue weighted by Crippen LogP contribution is -2.25. The Morgan fingerprint density at radius 2 is 2.06 bits per heavy atom. The van der Waals surface area contributed by atoms with Crippen LogP contribution in [0.3, 0.4) is 0 Å². The number of rotatable bonds is 4. The zero-order valence-corrected chi connectivity index (χ0v) is 8.77. The van der Waals surface area contributed by atoms with Crippen molar-refractivity contribution >= 4 is 0 Å². The summed E-state index contributed by atoms with van der Waals surface area (Å²) in [5, 5.41) is 3.04. The molecule has 88 valence electrons. The fourth-order valence-electron chi connectivity index (χ4n) is 1.84. The summed E-state index contributed by atoms with van der Waals surface area (Å²) in [6.45, 7) is -2.93. The van der Waals surface area contributed by atoms with Gasteiger partial charge >= 0.3 is 6.61 Å². The van der Waals surface area contributed by atoms with Crippen molar-refractivity contribution in [2.24, 2.45) is 0 Å². The molecule has 0 aliphatic heterocycles. The Balaban J connectivity index is 2.23. The quantitative estimate of drug-likeness (QED) is 0.860. The Kier molecular flexibility index (Phi) is 2.80. The van der Waals surface area contributed by atoms with Crippen molar-refractivity contribution in [1.82, 2.24) is 5.32 Å². The smallest absolute Gasteiger partial charge is 0.387 e. The van der Waals surface area contributed by atoms with Gasteiger partial charge in [-0.3, -0.25) is 0 Å². The van der Waals surface area contributed by atoms with E-state index in [-0.39, 0.29) is 11.3 Å². The number of hydrogen-bond donors (Lipinski definition) is 1. The monoisotopic (exact) mass is 231 g/mol. The molecule has 1 saturated carbocycles. The standard InChI is InChI=1S/C11H12F3NO/c1-15-11(4-5-11)8-3-2-7(6-9(8)12)16-10(13)14/h2-3,6,10,15H,4-5H2,1H3. The number of halogens is 3. The summed E-state index contributed by atoms with van der Waals surface area (Å²) >= 11 is 0. The predicted octanol–water partition coefficient (Wildman–Crippen LogP) is 2.64. The first kappa shape index (κ1) is 11.3.